The van der Waals surface area contributed by atoms with E-state index < -0.39 is 5.97 Å². The monoisotopic (exact) mass is 380 g/mol. The SMILES string of the molecule is CCOC(=O)c1c(C)n(-c2ccccc2)c(=O)c2c1[nH]c1cc(Cl)ccc12. The van der Waals surface area contributed by atoms with Crippen LogP contribution in [0.3, 0.4) is 0 Å². The molecule has 0 saturated heterocycles. The predicted molar refractivity (Wildman–Crippen MR) is 107 cm³/mol. The molecule has 1 N–H and O–H groups in total. The van der Waals surface area contributed by atoms with Gasteiger partial charge in [-0.1, -0.05) is 35.9 Å². The van der Waals surface area contributed by atoms with Gasteiger partial charge in [0.2, 0.25) is 0 Å². The Balaban J connectivity index is 2.21. The Kier molecular flexibility index (Phi) is 4.24. The van der Waals surface area contributed by atoms with Crippen LogP contribution in [0.25, 0.3) is 27.5 Å². The second-order valence-corrected chi connectivity index (χ2v) is 6.66. The minimum atomic E-state index is -0.470. The van der Waals surface area contributed by atoms with Gasteiger partial charge in [0, 0.05) is 27.3 Å². The van der Waals surface area contributed by atoms with Crippen molar-refractivity contribution in [2.45, 2.75) is 13.8 Å². The van der Waals surface area contributed by atoms with E-state index in [4.69, 9.17) is 16.3 Å². The molecule has 136 valence electrons. The lowest BCUT2D eigenvalue weighted by molar-refractivity contribution is 0.0527. The van der Waals surface area contributed by atoms with Crippen LogP contribution in [0.15, 0.2) is 53.3 Å². The lowest BCUT2D eigenvalue weighted by Crippen LogP contribution is -2.24. The van der Waals surface area contributed by atoms with E-state index in [1.807, 2.05) is 30.3 Å². The minimum absolute atomic E-state index is 0.199. The van der Waals surface area contributed by atoms with E-state index >= 15 is 0 Å². The Bertz CT molecular complexity index is 1240. The van der Waals surface area contributed by atoms with E-state index in [1.54, 1.807) is 36.6 Å². The number of hydrogen-bond acceptors (Lipinski definition) is 3. The van der Waals surface area contributed by atoms with Crippen molar-refractivity contribution in [3.63, 3.8) is 0 Å². The molecule has 0 atom stereocenters. The number of H-pyrrole nitrogens is 1. The average Bonchev–Trinajstić information content (AvgIpc) is 3.01. The predicted octanol–water partition coefficient (Wildman–Crippen LogP) is 4.61. The van der Waals surface area contributed by atoms with Gasteiger partial charge in [0.05, 0.1) is 17.5 Å². The first-order valence-corrected chi connectivity index (χ1v) is 8.99. The summed E-state index contributed by atoms with van der Waals surface area (Å²) in [5.41, 5.74) is 2.54. The van der Waals surface area contributed by atoms with Crippen molar-refractivity contribution in [2.75, 3.05) is 6.61 Å². The van der Waals surface area contributed by atoms with Gasteiger partial charge >= 0.3 is 5.97 Å². The highest BCUT2D eigenvalue weighted by molar-refractivity contribution is 6.31. The number of aromatic amines is 1. The van der Waals surface area contributed by atoms with Crippen LogP contribution >= 0.6 is 11.6 Å². The molecule has 0 radical (unpaired) electrons. The highest BCUT2D eigenvalue weighted by Crippen LogP contribution is 2.30. The summed E-state index contributed by atoms with van der Waals surface area (Å²) in [6.45, 7) is 3.75. The normalized spacial score (nSPS) is 11.2. The number of esters is 1. The number of rotatable bonds is 3. The summed E-state index contributed by atoms with van der Waals surface area (Å²) in [7, 11) is 0. The Labute approximate surface area is 160 Å². The molecule has 0 fully saturated rings. The molecule has 0 amide bonds. The van der Waals surface area contributed by atoms with Crippen LogP contribution in [0, 0.1) is 6.92 Å². The number of hydrogen-bond donors (Lipinski definition) is 1. The first-order valence-electron chi connectivity index (χ1n) is 8.62. The summed E-state index contributed by atoms with van der Waals surface area (Å²) >= 11 is 6.10. The maximum Gasteiger partial charge on any atom is 0.342 e. The molecule has 2 aromatic heterocycles. The Morgan fingerprint density at radius 1 is 1.19 bits per heavy atom. The Hall–Kier alpha value is -3.05. The van der Waals surface area contributed by atoms with Crippen LogP contribution in [0.4, 0.5) is 0 Å². The van der Waals surface area contributed by atoms with Crippen molar-refractivity contribution in [1.82, 2.24) is 9.55 Å². The summed E-state index contributed by atoms with van der Waals surface area (Å²) in [5, 5.41) is 1.71. The number of aromatic nitrogens is 2. The molecular weight excluding hydrogens is 364 g/mol. The number of nitrogens with one attached hydrogen (secondary N) is 1. The van der Waals surface area contributed by atoms with Gasteiger partial charge in [0.15, 0.2) is 0 Å². The minimum Gasteiger partial charge on any atom is -0.462 e. The lowest BCUT2D eigenvalue weighted by Gasteiger charge is -2.15. The maximum absolute atomic E-state index is 13.4. The number of fused-ring (bicyclic) bond motifs is 3. The van der Waals surface area contributed by atoms with Crippen LogP contribution in [0.5, 0.6) is 0 Å². The standard InChI is InChI=1S/C21H17ClN2O3/c1-3-27-21(26)17-12(2)24(14-7-5-4-6-8-14)20(25)18-15-10-9-13(22)11-16(15)23-19(17)18/h4-11,23H,3H2,1-2H3. The molecule has 2 heterocycles. The molecule has 0 saturated carbocycles. The third-order valence-electron chi connectivity index (χ3n) is 4.62. The third kappa shape index (κ3) is 2.71. The van der Waals surface area contributed by atoms with Gasteiger partial charge in [-0.05, 0) is 38.1 Å². The lowest BCUT2D eigenvalue weighted by atomic mass is 10.1. The molecule has 0 aliphatic carbocycles. The van der Waals surface area contributed by atoms with Crippen LogP contribution in [0.1, 0.15) is 23.0 Å². The van der Waals surface area contributed by atoms with E-state index in [-0.39, 0.29) is 12.2 Å². The molecule has 6 heteroatoms. The summed E-state index contributed by atoms with van der Waals surface area (Å²) in [5.74, 6) is -0.470. The smallest absolute Gasteiger partial charge is 0.342 e. The highest BCUT2D eigenvalue weighted by atomic mass is 35.5. The van der Waals surface area contributed by atoms with Gasteiger partial charge in [-0.3, -0.25) is 9.36 Å². The molecule has 4 rings (SSSR count). The molecule has 27 heavy (non-hydrogen) atoms. The first kappa shape index (κ1) is 17.4. The van der Waals surface area contributed by atoms with Crippen molar-refractivity contribution in [3.8, 4) is 5.69 Å². The second kappa shape index (κ2) is 6.59. The number of carbonyl (C=O) groups is 1. The number of benzene rings is 2. The summed E-state index contributed by atoms with van der Waals surface area (Å²) in [6.07, 6.45) is 0. The molecule has 2 aromatic carbocycles. The fourth-order valence-electron chi connectivity index (χ4n) is 3.48. The molecule has 0 bridgehead atoms. The Morgan fingerprint density at radius 3 is 2.63 bits per heavy atom. The van der Waals surface area contributed by atoms with Gasteiger partial charge < -0.3 is 9.72 Å². The van der Waals surface area contributed by atoms with Crippen LogP contribution in [-0.4, -0.2) is 22.1 Å². The summed E-state index contributed by atoms with van der Waals surface area (Å²) in [4.78, 5) is 29.3. The molecule has 4 aromatic rings. The summed E-state index contributed by atoms with van der Waals surface area (Å²) < 4.78 is 6.82. The van der Waals surface area contributed by atoms with Crippen LogP contribution in [0.2, 0.25) is 5.02 Å². The van der Waals surface area contributed by atoms with Crippen LogP contribution < -0.4 is 5.56 Å². The maximum atomic E-state index is 13.4. The fraction of sp³-hybridized carbons (Fsp3) is 0.143. The fourth-order valence-corrected chi connectivity index (χ4v) is 3.65. The van der Waals surface area contributed by atoms with E-state index in [0.29, 0.717) is 38.4 Å². The molecule has 5 nitrogen and oxygen atoms in total. The first-order chi connectivity index (χ1) is 13.0. The van der Waals surface area contributed by atoms with Crippen molar-refractivity contribution < 1.29 is 9.53 Å². The topological polar surface area (TPSA) is 64.1 Å². The second-order valence-electron chi connectivity index (χ2n) is 6.22. The number of carbonyl (C=O) groups excluding carboxylic acids is 1. The van der Waals surface area contributed by atoms with Gasteiger partial charge in [-0.15, -0.1) is 0 Å². The van der Waals surface area contributed by atoms with Crippen molar-refractivity contribution >= 4 is 39.4 Å². The number of halogens is 1. The van der Waals surface area contributed by atoms with Crippen molar-refractivity contribution in [3.05, 3.63) is 75.2 Å². The molecular formula is C21H17ClN2O3. The number of ether oxygens (including phenoxy) is 1. The molecule has 0 spiro atoms. The molecule has 0 aliphatic heterocycles. The zero-order valence-corrected chi connectivity index (χ0v) is 15.6. The van der Waals surface area contributed by atoms with Crippen LogP contribution in [-0.2, 0) is 4.74 Å². The van der Waals surface area contributed by atoms with E-state index in [9.17, 15) is 9.59 Å². The zero-order chi connectivity index (χ0) is 19.1. The average molecular weight is 381 g/mol. The highest BCUT2D eigenvalue weighted by Gasteiger charge is 2.24. The van der Waals surface area contributed by atoms with Crippen molar-refractivity contribution in [2.24, 2.45) is 0 Å². The van der Waals surface area contributed by atoms with E-state index in [0.717, 1.165) is 5.39 Å². The quantitative estimate of drug-likeness (QED) is 0.528. The summed E-state index contributed by atoms with van der Waals surface area (Å²) in [6, 6.07) is 14.5. The molecule has 0 aliphatic rings. The van der Waals surface area contributed by atoms with E-state index in [2.05, 4.69) is 4.98 Å². The Morgan fingerprint density at radius 2 is 1.93 bits per heavy atom. The largest absolute Gasteiger partial charge is 0.462 e. The molecule has 0 unspecified atom stereocenters. The van der Waals surface area contributed by atoms with Gasteiger partial charge in [-0.25, -0.2) is 4.79 Å². The van der Waals surface area contributed by atoms with Gasteiger partial charge in [0.1, 0.15) is 5.56 Å². The number of para-hydroxylation sites is 1. The van der Waals surface area contributed by atoms with E-state index in [1.165, 1.54) is 0 Å². The third-order valence-corrected chi connectivity index (χ3v) is 4.85. The number of pyridine rings is 1. The van der Waals surface area contributed by atoms with Gasteiger partial charge in [0.25, 0.3) is 5.56 Å². The zero-order valence-electron chi connectivity index (χ0n) is 14.9. The van der Waals surface area contributed by atoms with Gasteiger partial charge in [-0.2, -0.15) is 0 Å². The van der Waals surface area contributed by atoms with Crippen molar-refractivity contribution in [1.29, 1.82) is 0 Å². The number of nitrogens with zero attached hydrogens (tertiary/aromatic N) is 1.